The molecule has 0 aromatic heterocycles. The fraction of sp³-hybridized carbons (Fsp3) is 0.588. The van der Waals surface area contributed by atoms with Crippen LogP contribution in [0.5, 0.6) is 0 Å². The minimum atomic E-state index is -4.33. The number of anilines is 1. The minimum absolute atomic E-state index is 0. The van der Waals surface area contributed by atoms with Crippen LogP contribution in [0.15, 0.2) is 24.3 Å². The van der Waals surface area contributed by atoms with Crippen molar-refractivity contribution in [1.82, 2.24) is 0 Å². The van der Waals surface area contributed by atoms with Gasteiger partial charge < -0.3 is 10.3 Å². The first kappa shape index (κ1) is 21.6. The fourth-order valence-electron chi connectivity index (χ4n) is 4.00. The zero-order valence-electron chi connectivity index (χ0n) is 14.8. The summed E-state index contributed by atoms with van der Waals surface area (Å²) in [5, 5.41) is 0. The molecule has 0 radical (unpaired) electrons. The number of carbonyl (C=O) groups excluding carboxylic acids is 1. The molecule has 5 nitrogen and oxygen atoms in total. The average Bonchev–Trinajstić information content (AvgIpc) is 2.75. The molecule has 1 aromatic carbocycles. The molecule has 0 saturated heterocycles. The first-order chi connectivity index (χ1) is 10.5. The van der Waals surface area contributed by atoms with Crippen molar-refractivity contribution in [2.75, 3.05) is 11.5 Å². The van der Waals surface area contributed by atoms with Gasteiger partial charge in [-0.25, -0.2) is 8.42 Å². The number of hydrogen-bond acceptors (Lipinski definition) is 5. The van der Waals surface area contributed by atoms with E-state index in [1.807, 2.05) is 45.0 Å². The number of nitrogens with two attached hydrogens (primary N) is 1. The van der Waals surface area contributed by atoms with Crippen LogP contribution in [0.25, 0.3) is 0 Å². The molecule has 1 aromatic rings. The Kier molecular flexibility index (Phi) is 6.73. The maximum Gasteiger partial charge on any atom is 1.00 e. The Morgan fingerprint density at radius 1 is 1.29 bits per heavy atom. The van der Waals surface area contributed by atoms with Gasteiger partial charge in [0.25, 0.3) is 0 Å². The second-order valence-corrected chi connectivity index (χ2v) is 8.63. The van der Waals surface area contributed by atoms with Gasteiger partial charge in [-0.15, -0.1) is 0 Å². The molecule has 2 unspecified atom stereocenters. The molecule has 2 bridgehead atoms. The second-order valence-electron chi connectivity index (χ2n) is 7.23. The molecule has 2 atom stereocenters. The summed E-state index contributed by atoms with van der Waals surface area (Å²) in [5.41, 5.74) is 6.31. The second kappa shape index (κ2) is 7.46. The summed E-state index contributed by atoms with van der Waals surface area (Å²) >= 11 is 0. The number of rotatable bonds is 2. The number of Topliss-reactive ketones (excluding diaryl/α,β-unsaturated/α-hetero) is 1. The van der Waals surface area contributed by atoms with Crippen molar-refractivity contribution in [2.45, 2.75) is 40.0 Å². The van der Waals surface area contributed by atoms with Gasteiger partial charge in [-0.1, -0.05) is 32.0 Å². The van der Waals surface area contributed by atoms with Gasteiger partial charge in [-0.2, -0.15) is 0 Å². The van der Waals surface area contributed by atoms with Gasteiger partial charge >= 0.3 is 29.6 Å². The molecular weight excluding hydrogens is 337 g/mol. The monoisotopic (exact) mass is 361 g/mol. The van der Waals surface area contributed by atoms with Crippen LogP contribution in [0.2, 0.25) is 0 Å². The minimum Gasteiger partial charge on any atom is -0.748 e. The van der Waals surface area contributed by atoms with Gasteiger partial charge in [0, 0.05) is 17.5 Å². The van der Waals surface area contributed by atoms with Crippen molar-refractivity contribution in [2.24, 2.45) is 16.7 Å². The van der Waals surface area contributed by atoms with E-state index in [1.54, 1.807) is 0 Å². The molecule has 3 rings (SSSR count). The van der Waals surface area contributed by atoms with Gasteiger partial charge in [0.05, 0.1) is 15.9 Å². The number of aryl methyl sites for hydroxylation is 1. The molecule has 0 heterocycles. The molecule has 0 amide bonds. The maximum atomic E-state index is 11.8. The van der Waals surface area contributed by atoms with E-state index in [9.17, 15) is 17.8 Å². The third kappa shape index (κ3) is 4.05. The molecular formula is C17H24NNaO4S. The third-order valence-corrected chi connectivity index (χ3v) is 6.60. The van der Waals surface area contributed by atoms with Crippen molar-refractivity contribution in [3.8, 4) is 0 Å². The molecule has 2 saturated carbocycles. The first-order valence-corrected chi connectivity index (χ1v) is 9.35. The Morgan fingerprint density at radius 2 is 1.88 bits per heavy atom. The Balaban J connectivity index is 0.000000273. The van der Waals surface area contributed by atoms with E-state index in [0.717, 1.165) is 17.7 Å². The van der Waals surface area contributed by atoms with Crippen molar-refractivity contribution >= 4 is 21.6 Å². The third-order valence-electron chi connectivity index (χ3n) is 5.75. The summed E-state index contributed by atoms with van der Waals surface area (Å²) in [6.45, 7) is 5.83. The maximum absolute atomic E-state index is 11.8. The van der Waals surface area contributed by atoms with Crippen LogP contribution in [-0.4, -0.2) is 24.5 Å². The van der Waals surface area contributed by atoms with Crippen LogP contribution in [-0.2, 0) is 14.9 Å². The Morgan fingerprint density at radius 3 is 2.21 bits per heavy atom. The van der Waals surface area contributed by atoms with Gasteiger partial charge in [-0.05, 0) is 42.7 Å². The summed E-state index contributed by atoms with van der Waals surface area (Å²) in [6.07, 6.45) is 1.88. The Hall–Kier alpha value is -0.400. The molecule has 0 aliphatic heterocycles. The summed E-state index contributed by atoms with van der Waals surface area (Å²) in [6, 6.07) is 7.80. The number of ketones is 1. The number of nitrogen functional groups attached to an aromatic ring is 1. The van der Waals surface area contributed by atoms with E-state index in [-0.39, 0.29) is 46.7 Å². The molecule has 128 valence electrons. The van der Waals surface area contributed by atoms with E-state index >= 15 is 0 Å². The first-order valence-electron chi connectivity index (χ1n) is 7.77. The molecule has 2 fully saturated rings. The van der Waals surface area contributed by atoms with Crippen LogP contribution in [0.1, 0.15) is 38.7 Å². The fourth-order valence-corrected chi connectivity index (χ4v) is 5.28. The van der Waals surface area contributed by atoms with Gasteiger partial charge in [-0.3, -0.25) is 4.79 Å². The number of hydrogen-bond donors (Lipinski definition) is 1. The van der Waals surface area contributed by atoms with Crippen LogP contribution >= 0.6 is 0 Å². The van der Waals surface area contributed by atoms with Gasteiger partial charge in [0.1, 0.15) is 5.78 Å². The van der Waals surface area contributed by atoms with E-state index < -0.39 is 21.3 Å². The number of carbonyl (C=O) groups is 1. The van der Waals surface area contributed by atoms with Crippen molar-refractivity contribution in [3.05, 3.63) is 29.8 Å². The molecule has 7 heteroatoms. The standard InChI is InChI=1S/C10H16O4S.C7H9N.Na/c1-9(2)7-3-4-10(9,8(11)5-7)6-15(12,13)14;1-6-4-2-3-5-7(6)8;/h7H,3-6H2,1-2H3,(H,12,13,14);2-5H,8H2,1H3;/q;;+1/p-1. The Labute approximate surface area is 166 Å². The van der Waals surface area contributed by atoms with Crippen molar-refractivity contribution < 1.29 is 47.3 Å². The number of fused-ring (bicyclic) bond motifs is 2. The van der Waals surface area contributed by atoms with Crippen molar-refractivity contribution in [1.29, 1.82) is 0 Å². The van der Waals surface area contributed by atoms with Crippen LogP contribution < -0.4 is 35.3 Å². The summed E-state index contributed by atoms with van der Waals surface area (Å²) in [7, 11) is -4.33. The number of benzene rings is 1. The predicted molar refractivity (Wildman–Crippen MR) is 88.7 cm³/mol. The van der Waals surface area contributed by atoms with Crippen molar-refractivity contribution in [3.63, 3.8) is 0 Å². The average molecular weight is 361 g/mol. The largest absolute Gasteiger partial charge is 1.00 e. The molecule has 2 N–H and O–H groups in total. The SMILES string of the molecule is CC1(C)C2CCC1(CS(=O)(=O)[O-])C(=O)C2.Cc1ccccc1N.[Na+]. The van der Waals surface area contributed by atoms with E-state index in [1.165, 1.54) is 0 Å². The van der Waals surface area contributed by atoms with Crippen LogP contribution in [0.3, 0.4) is 0 Å². The Bertz CT molecular complexity index is 696. The molecule has 24 heavy (non-hydrogen) atoms. The topological polar surface area (TPSA) is 100 Å². The van der Waals surface area contributed by atoms with Gasteiger partial charge in [0.2, 0.25) is 0 Å². The van der Waals surface area contributed by atoms with Crippen LogP contribution in [0, 0.1) is 23.7 Å². The summed E-state index contributed by atoms with van der Waals surface area (Å²) < 4.78 is 32.7. The quantitative estimate of drug-likeness (QED) is 0.435. The molecule has 2 aliphatic rings. The summed E-state index contributed by atoms with van der Waals surface area (Å²) in [5.74, 6) is -0.280. The predicted octanol–water partition coefficient (Wildman–Crippen LogP) is -0.492. The number of para-hydroxylation sites is 1. The van der Waals surface area contributed by atoms with E-state index in [2.05, 4.69) is 0 Å². The normalized spacial score (nSPS) is 27.2. The molecule has 0 spiro atoms. The van der Waals surface area contributed by atoms with E-state index in [4.69, 9.17) is 5.73 Å². The van der Waals surface area contributed by atoms with E-state index in [0.29, 0.717) is 12.8 Å². The summed E-state index contributed by atoms with van der Waals surface area (Å²) in [4.78, 5) is 11.8. The smallest absolute Gasteiger partial charge is 0.748 e. The zero-order chi connectivity index (χ0) is 17.5. The zero-order valence-corrected chi connectivity index (χ0v) is 17.7. The van der Waals surface area contributed by atoms with Crippen LogP contribution in [0.4, 0.5) is 5.69 Å². The molecule has 2 aliphatic carbocycles. The van der Waals surface area contributed by atoms with Gasteiger partial charge in [0.15, 0.2) is 0 Å².